The minimum Gasteiger partial charge on any atom is -0.460 e. The van der Waals surface area contributed by atoms with Crippen LogP contribution in [0.1, 0.15) is 11.1 Å². The topological polar surface area (TPSA) is 88.3 Å². The molecule has 0 aliphatic carbocycles. The van der Waals surface area contributed by atoms with Crippen LogP contribution in [0.3, 0.4) is 0 Å². The van der Waals surface area contributed by atoms with Gasteiger partial charge in [-0.15, -0.1) is 11.3 Å². The van der Waals surface area contributed by atoms with Crippen molar-refractivity contribution >= 4 is 49.8 Å². The number of esters is 1. The van der Waals surface area contributed by atoms with Crippen molar-refractivity contribution in [3.63, 3.8) is 0 Å². The number of sulfonamides is 1. The zero-order valence-electron chi connectivity index (χ0n) is 16.2. The number of para-hydroxylation sites is 1. The van der Waals surface area contributed by atoms with Gasteiger partial charge in [0.1, 0.15) is 16.9 Å². The molecule has 2 N–H and O–H groups in total. The predicted molar refractivity (Wildman–Crippen MR) is 122 cm³/mol. The maximum absolute atomic E-state index is 12.9. The second-order valence-electron chi connectivity index (χ2n) is 6.89. The summed E-state index contributed by atoms with van der Waals surface area (Å²) < 4.78 is 34.0. The van der Waals surface area contributed by atoms with Crippen molar-refractivity contribution in [2.45, 2.75) is 23.3 Å². The quantitative estimate of drug-likeness (QED) is 0.367. The van der Waals surface area contributed by atoms with E-state index in [4.69, 9.17) is 16.3 Å². The molecule has 0 saturated heterocycles. The highest BCUT2D eigenvalue weighted by Gasteiger charge is 2.29. The molecular formula is C22H19ClN2O4S2. The normalized spacial score (nSPS) is 12.7. The van der Waals surface area contributed by atoms with Gasteiger partial charge in [0, 0.05) is 23.5 Å². The minimum atomic E-state index is -3.95. The van der Waals surface area contributed by atoms with Gasteiger partial charge in [-0.3, -0.25) is 4.79 Å². The highest BCUT2D eigenvalue weighted by atomic mass is 35.5. The van der Waals surface area contributed by atoms with Gasteiger partial charge in [-0.2, -0.15) is 4.72 Å². The van der Waals surface area contributed by atoms with Gasteiger partial charge in [0.25, 0.3) is 10.0 Å². The van der Waals surface area contributed by atoms with E-state index in [1.807, 2.05) is 54.6 Å². The lowest BCUT2D eigenvalue weighted by Gasteiger charge is -2.17. The van der Waals surface area contributed by atoms with Gasteiger partial charge in [-0.05, 0) is 29.3 Å². The average Bonchev–Trinajstić information content (AvgIpc) is 3.39. The molecule has 1 unspecified atom stereocenters. The van der Waals surface area contributed by atoms with Crippen LogP contribution < -0.4 is 4.72 Å². The Bertz CT molecular complexity index is 1300. The number of H-pyrrole nitrogens is 1. The Hall–Kier alpha value is -2.65. The third-order valence-corrected chi connectivity index (χ3v) is 7.91. The molecule has 2 heterocycles. The molecule has 0 saturated carbocycles. The molecule has 9 heteroatoms. The fraction of sp³-hybridized carbons (Fsp3) is 0.136. The van der Waals surface area contributed by atoms with E-state index in [9.17, 15) is 13.2 Å². The summed E-state index contributed by atoms with van der Waals surface area (Å²) in [5, 5.41) is 0.918. The summed E-state index contributed by atoms with van der Waals surface area (Å²) in [6.45, 7) is 0.0522. The molecule has 4 rings (SSSR count). The first-order valence-corrected chi connectivity index (χ1v) is 12.1. The van der Waals surface area contributed by atoms with Crippen LogP contribution >= 0.6 is 22.9 Å². The predicted octanol–water partition coefficient (Wildman–Crippen LogP) is 4.52. The number of ether oxygens (including phenoxy) is 1. The van der Waals surface area contributed by atoms with Crippen LogP contribution in [0.4, 0.5) is 0 Å². The van der Waals surface area contributed by atoms with Crippen LogP contribution in [-0.4, -0.2) is 25.4 Å². The smallest absolute Gasteiger partial charge is 0.324 e. The average molecular weight is 475 g/mol. The molecule has 2 aromatic heterocycles. The van der Waals surface area contributed by atoms with Gasteiger partial charge >= 0.3 is 5.97 Å². The fourth-order valence-corrected chi connectivity index (χ4v) is 5.89. The molecule has 31 heavy (non-hydrogen) atoms. The summed E-state index contributed by atoms with van der Waals surface area (Å²) in [6, 6.07) is 18.7. The molecule has 0 amide bonds. The van der Waals surface area contributed by atoms with Gasteiger partial charge in [0.05, 0.1) is 4.34 Å². The third-order valence-electron chi connectivity index (χ3n) is 4.72. The zero-order valence-corrected chi connectivity index (χ0v) is 18.6. The Morgan fingerprint density at radius 3 is 2.55 bits per heavy atom. The van der Waals surface area contributed by atoms with Crippen molar-refractivity contribution in [2.24, 2.45) is 0 Å². The van der Waals surface area contributed by atoms with Crippen LogP contribution in [-0.2, 0) is 32.6 Å². The first-order chi connectivity index (χ1) is 14.9. The zero-order chi connectivity index (χ0) is 21.8. The highest BCUT2D eigenvalue weighted by molar-refractivity contribution is 7.91. The third kappa shape index (κ3) is 5.16. The number of carbonyl (C=O) groups is 1. The molecule has 2 aromatic carbocycles. The van der Waals surface area contributed by atoms with E-state index in [1.165, 1.54) is 12.1 Å². The van der Waals surface area contributed by atoms with E-state index in [0.717, 1.165) is 33.4 Å². The van der Waals surface area contributed by atoms with Crippen LogP contribution in [0.15, 0.2) is 77.1 Å². The second-order valence-corrected chi connectivity index (χ2v) is 10.5. The molecule has 0 aliphatic rings. The number of fused-ring (bicyclic) bond motifs is 1. The van der Waals surface area contributed by atoms with Crippen molar-refractivity contribution in [3.8, 4) is 0 Å². The SMILES string of the molecule is O=C(OCc1ccccc1)C(Cc1c[nH]c2ccccc12)NS(=O)(=O)c1ccc(Cl)s1. The summed E-state index contributed by atoms with van der Waals surface area (Å²) in [6.07, 6.45) is 1.91. The summed E-state index contributed by atoms with van der Waals surface area (Å²) in [4.78, 5) is 16.1. The Morgan fingerprint density at radius 2 is 1.81 bits per heavy atom. The van der Waals surface area contributed by atoms with Crippen molar-refractivity contribution in [1.29, 1.82) is 0 Å². The Morgan fingerprint density at radius 1 is 1.06 bits per heavy atom. The number of carbonyl (C=O) groups excluding carboxylic acids is 1. The molecule has 0 radical (unpaired) electrons. The monoisotopic (exact) mass is 474 g/mol. The highest BCUT2D eigenvalue weighted by Crippen LogP contribution is 2.26. The molecule has 160 valence electrons. The van der Waals surface area contributed by atoms with Gasteiger partial charge in [-0.1, -0.05) is 60.1 Å². The minimum absolute atomic E-state index is 0.0392. The number of rotatable bonds is 8. The van der Waals surface area contributed by atoms with Crippen molar-refractivity contribution in [1.82, 2.24) is 9.71 Å². The number of halogens is 1. The van der Waals surface area contributed by atoms with E-state index in [-0.39, 0.29) is 17.2 Å². The van der Waals surface area contributed by atoms with E-state index < -0.39 is 22.0 Å². The molecular weight excluding hydrogens is 456 g/mol. The number of nitrogens with one attached hydrogen (secondary N) is 2. The second kappa shape index (κ2) is 9.23. The lowest BCUT2D eigenvalue weighted by atomic mass is 10.1. The molecule has 0 fully saturated rings. The van der Waals surface area contributed by atoms with E-state index in [1.54, 1.807) is 6.20 Å². The van der Waals surface area contributed by atoms with Crippen LogP contribution in [0, 0.1) is 0 Å². The van der Waals surface area contributed by atoms with E-state index in [2.05, 4.69) is 9.71 Å². The molecule has 0 spiro atoms. The first-order valence-electron chi connectivity index (χ1n) is 9.45. The maximum Gasteiger partial charge on any atom is 0.324 e. The molecule has 0 aliphatic heterocycles. The van der Waals surface area contributed by atoms with Crippen LogP contribution in [0.5, 0.6) is 0 Å². The van der Waals surface area contributed by atoms with Crippen molar-refractivity contribution in [3.05, 3.63) is 88.4 Å². The first kappa shape index (κ1) is 21.6. The van der Waals surface area contributed by atoms with Crippen LogP contribution in [0.2, 0.25) is 4.34 Å². The van der Waals surface area contributed by atoms with Crippen LogP contribution in [0.25, 0.3) is 10.9 Å². The van der Waals surface area contributed by atoms with E-state index in [0.29, 0.717) is 4.34 Å². The number of benzene rings is 2. The lowest BCUT2D eigenvalue weighted by Crippen LogP contribution is -2.43. The molecule has 1 atom stereocenters. The van der Waals surface area contributed by atoms with E-state index >= 15 is 0 Å². The Labute approximate surface area is 188 Å². The molecule has 6 nitrogen and oxygen atoms in total. The van der Waals surface area contributed by atoms with Gasteiger partial charge in [0.2, 0.25) is 0 Å². The summed E-state index contributed by atoms with van der Waals surface area (Å²) >= 11 is 6.82. The number of hydrogen-bond acceptors (Lipinski definition) is 5. The lowest BCUT2D eigenvalue weighted by molar-refractivity contribution is -0.147. The number of thiophene rings is 1. The molecule has 4 aromatic rings. The van der Waals surface area contributed by atoms with Gasteiger partial charge in [-0.25, -0.2) is 8.42 Å². The summed E-state index contributed by atoms with van der Waals surface area (Å²) in [5.41, 5.74) is 2.53. The van der Waals surface area contributed by atoms with Gasteiger partial charge in [0.15, 0.2) is 0 Å². The molecule has 0 bridgehead atoms. The summed E-state index contributed by atoms with van der Waals surface area (Å²) in [7, 11) is -3.95. The number of aromatic amines is 1. The van der Waals surface area contributed by atoms with Crippen molar-refractivity contribution < 1.29 is 17.9 Å². The summed E-state index contributed by atoms with van der Waals surface area (Å²) in [5.74, 6) is -0.652. The number of aromatic nitrogens is 1. The standard InChI is InChI=1S/C22H19ClN2O4S2/c23-20-10-11-21(30-20)31(27,28)25-19(22(26)29-14-15-6-2-1-3-7-15)12-16-13-24-18-9-5-4-8-17(16)18/h1-11,13,19,24-25H,12,14H2. The Balaban J connectivity index is 1.58. The maximum atomic E-state index is 12.9. The van der Waals surface area contributed by atoms with Gasteiger partial charge < -0.3 is 9.72 Å². The Kier molecular flexibility index (Phi) is 6.43. The largest absolute Gasteiger partial charge is 0.460 e. The van der Waals surface area contributed by atoms with Crippen molar-refractivity contribution in [2.75, 3.05) is 0 Å². The number of hydrogen-bond donors (Lipinski definition) is 2. The fourth-order valence-electron chi connectivity index (χ4n) is 3.21.